The second-order valence-corrected chi connectivity index (χ2v) is 8.58. The molecule has 1 aromatic rings. The topological polar surface area (TPSA) is 28.2 Å². The van der Waals surface area contributed by atoms with Crippen LogP contribution in [-0.2, 0) is 6.54 Å². The zero-order valence-corrected chi connectivity index (χ0v) is 15.3. The fourth-order valence-corrected chi connectivity index (χ4v) is 4.03. The van der Waals surface area contributed by atoms with Gasteiger partial charge in [0.15, 0.2) is 0 Å². The van der Waals surface area contributed by atoms with Crippen LogP contribution in [0.15, 0.2) is 5.38 Å². The molecule has 0 aliphatic carbocycles. The number of nitrogens with one attached hydrogen (secondary N) is 1. The Morgan fingerprint density at radius 1 is 1.38 bits per heavy atom. The highest BCUT2D eigenvalue weighted by Crippen LogP contribution is 2.32. The largest absolute Gasteiger partial charge is 0.308 e. The van der Waals surface area contributed by atoms with Crippen LogP contribution in [0, 0.1) is 12.3 Å². The highest BCUT2D eigenvalue weighted by atomic mass is 32.1. The summed E-state index contributed by atoms with van der Waals surface area (Å²) in [6.07, 6.45) is 2.37. The number of hydrogen-bond acceptors (Lipinski definition) is 4. The number of nitrogens with zero attached hydrogens (tertiary/aromatic N) is 2. The molecule has 1 saturated heterocycles. The van der Waals surface area contributed by atoms with Gasteiger partial charge in [-0.05, 0) is 25.2 Å². The summed E-state index contributed by atoms with van der Waals surface area (Å²) in [5.74, 6) is 0. The average Bonchev–Trinajstić information content (AvgIpc) is 2.82. The fourth-order valence-electron chi connectivity index (χ4n) is 3.43. The van der Waals surface area contributed by atoms with Crippen molar-refractivity contribution in [2.24, 2.45) is 5.41 Å². The molecule has 1 atom stereocenters. The predicted octanol–water partition coefficient (Wildman–Crippen LogP) is 3.83. The van der Waals surface area contributed by atoms with Gasteiger partial charge in [-0.2, -0.15) is 0 Å². The maximum absolute atomic E-state index is 4.68. The summed E-state index contributed by atoms with van der Waals surface area (Å²) in [7, 11) is 0. The van der Waals surface area contributed by atoms with Crippen LogP contribution in [0.3, 0.4) is 0 Å². The van der Waals surface area contributed by atoms with Crippen molar-refractivity contribution < 1.29 is 0 Å². The smallest absolute Gasteiger partial charge is 0.0897 e. The zero-order valence-electron chi connectivity index (χ0n) is 14.5. The Bertz CT molecular complexity index is 457. The van der Waals surface area contributed by atoms with Crippen molar-refractivity contribution in [3.63, 3.8) is 0 Å². The molecule has 1 fully saturated rings. The van der Waals surface area contributed by atoms with Crippen molar-refractivity contribution in [3.05, 3.63) is 16.1 Å². The van der Waals surface area contributed by atoms with Crippen molar-refractivity contribution in [1.82, 2.24) is 15.2 Å². The minimum absolute atomic E-state index is 0.271. The molecule has 0 radical (unpaired) electrons. The van der Waals surface area contributed by atoms with Crippen LogP contribution < -0.4 is 5.32 Å². The van der Waals surface area contributed by atoms with E-state index in [-0.39, 0.29) is 11.0 Å². The average molecular weight is 310 g/mol. The van der Waals surface area contributed by atoms with E-state index in [2.05, 4.69) is 62.1 Å². The zero-order chi connectivity index (χ0) is 15.7. The molecule has 2 rings (SSSR count). The van der Waals surface area contributed by atoms with E-state index in [0.717, 1.165) is 19.6 Å². The third kappa shape index (κ3) is 3.85. The lowest BCUT2D eigenvalue weighted by Gasteiger charge is -2.51. The van der Waals surface area contributed by atoms with Gasteiger partial charge in [0, 0.05) is 36.6 Å². The van der Waals surface area contributed by atoms with E-state index in [0.29, 0.717) is 6.04 Å². The molecular formula is C17H31N3S. The molecule has 1 aliphatic rings. The first-order valence-corrected chi connectivity index (χ1v) is 9.07. The molecule has 0 bridgehead atoms. The van der Waals surface area contributed by atoms with E-state index in [1.807, 2.05) is 0 Å². The second-order valence-electron chi connectivity index (χ2n) is 7.51. The molecule has 120 valence electrons. The Hall–Kier alpha value is -0.450. The van der Waals surface area contributed by atoms with Crippen LogP contribution in [-0.4, -0.2) is 34.6 Å². The molecule has 3 nitrogen and oxygen atoms in total. The number of hydrogen-bond donors (Lipinski definition) is 1. The summed E-state index contributed by atoms with van der Waals surface area (Å²) < 4.78 is 0. The first-order valence-electron chi connectivity index (χ1n) is 8.20. The summed E-state index contributed by atoms with van der Waals surface area (Å²) in [4.78, 5) is 7.34. The molecule has 1 N–H and O–H groups in total. The molecule has 2 heterocycles. The van der Waals surface area contributed by atoms with Crippen molar-refractivity contribution in [1.29, 1.82) is 0 Å². The summed E-state index contributed by atoms with van der Waals surface area (Å²) in [6, 6.07) is 0.561. The van der Waals surface area contributed by atoms with Gasteiger partial charge in [0.25, 0.3) is 0 Å². The predicted molar refractivity (Wildman–Crippen MR) is 91.8 cm³/mol. The molecule has 21 heavy (non-hydrogen) atoms. The van der Waals surface area contributed by atoms with Crippen LogP contribution in [0.1, 0.15) is 58.2 Å². The molecule has 4 heteroatoms. The lowest BCUT2D eigenvalue weighted by molar-refractivity contribution is 0.0124. The van der Waals surface area contributed by atoms with E-state index >= 15 is 0 Å². The first kappa shape index (κ1) is 16.9. The molecular weight excluding hydrogens is 278 g/mol. The molecule has 1 unspecified atom stereocenters. The van der Waals surface area contributed by atoms with Crippen molar-refractivity contribution in [2.45, 2.75) is 72.5 Å². The van der Waals surface area contributed by atoms with E-state index in [4.69, 9.17) is 0 Å². The van der Waals surface area contributed by atoms with Crippen LogP contribution in [0.25, 0.3) is 0 Å². The summed E-state index contributed by atoms with van der Waals surface area (Å²) in [6.45, 7) is 16.9. The molecule has 1 aliphatic heterocycles. The van der Waals surface area contributed by atoms with Crippen molar-refractivity contribution >= 4 is 11.3 Å². The van der Waals surface area contributed by atoms with Crippen LogP contribution in [0.5, 0.6) is 0 Å². The lowest BCUT2D eigenvalue weighted by atomic mass is 9.80. The van der Waals surface area contributed by atoms with Gasteiger partial charge in [0.1, 0.15) is 0 Å². The monoisotopic (exact) mass is 309 g/mol. The minimum atomic E-state index is 0.271. The summed E-state index contributed by atoms with van der Waals surface area (Å²) in [5, 5.41) is 7.24. The Labute approximate surface area is 134 Å². The van der Waals surface area contributed by atoms with Gasteiger partial charge >= 0.3 is 0 Å². The van der Waals surface area contributed by atoms with Gasteiger partial charge in [0.2, 0.25) is 0 Å². The van der Waals surface area contributed by atoms with E-state index in [1.54, 1.807) is 11.3 Å². The van der Waals surface area contributed by atoms with Crippen molar-refractivity contribution in [3.8, 4) is 0 Å². The SMILES string of the molecule is CCC1(CC)CN(Cc2csc(C)n2)C(C(C)(C)C)CN1. The third-order valence-corrected chi connectivity index (χ3v) is 5.82. The molecule has 0 spiro atoms. The Morgan fingerprint density at radius 2 is 2.05 bits per heavy atom. The van der Waals surface area contributed by atoms with Gasteiger partial charge in [-0.15, -0.1) is 11.3 Å². The number of rotatable bonds is 4. The first-order chi connectivity index (χ1) is 9.79. The molecule has 0 aromatic carbocycles. The third-order valence-electron chi connectivity index (χ3n) is 5.00. The minimum Gasteiger partial charge on any atom is -0.308 e. The quantitative estimate of drug-likeness (QED) is 0.916. The van der Waals surface area contributed by atoms with E-state index < -0.39 is 0 Å². The summed E-state index contributed by atoms with van der Waals surface area (Å²) in [5.41, 5.74) is 1.79. The van der Waals surface area contributed by atoms with Crippen LogP contribution in [0.2, 0.25) is 0 Å². The van der Waals surface area contributed by atoms with E-state index in [9.17, 15) is 0 Å². The molecule has 0 saturated carbocycles. The Kier molecular flexibility index (Phi) is 5.11. The molecule has 0 amide bonds. The second kappa shape index (κ2) is 6.35. The number of aryl methyl sites for hydroxylation is 1. The highest BCUT2D eigenvalue weighted by molar-refractivity contribution is 7.09. The number of piperazine rings is 1. The Morgan fingerprint density at radius 3 is 2.52 bits per heavy atom. The van der Waals surface area contributed by atoms with Gasteiger partial charge < -0.3 is 5.32 Å². The van der Waals surface area contributed by atoms with Gasteiger partial charge in [-0.1, -0.05) is 34.6 Å². The van der Waals surface area contributed by atoms with Gasteiger partial charge in [-0.3, -0.25) is 4.90 Å². The lowest BCUT2D eigenvalue weighted by Crippen LogP contribution is -2.66. The highest BCUT2D eigenvalue weighted by Gasteiger charge is 2.41. The number of thiazole rings is 1. The van der Waals surface area contributed by atoms with Crippen LogP contribution in [0.4, 0.5) is 0 Å². The van der Waals surface area contributed by atoms with Gasteiger partial charge in [0.05, 0.1) is 10.7 Å². The van der Waals surface area contributed by atoms with E-state index in [1.165, 1.54) is 23.5 Å². The van der Waals surface area contributed by atoms with Gasteiger partial charge in [-0.25, -0.2) is 4.98 Å². The maximum Gasteiger partial charge on any atom is 0.0897 e. The number of aromatic nitrogens is 1. The molecule has 1 aromatic heterocycles. The van der Waals surface area contributed by atoms with Crippen LogP contribution >= 0.6 is 11.3 Å². The standard InChI is InChI=1S/C17H31N3S/c1-7-17(8-2)12-20(10-14-11-21-13(3)19-14)15(9-18-17)16(4,5)6/h11,15,18H,7-10,12H2,1-6H3. The maximum atomic E-state index is 4.68. The van der Waals surface area contributed by atoms with Crippen molar-refractivity contribution in [2.75, 3.05) is 13.1 Å². The Balaban J connectivity index is 2.20. The summed E-state index contributed by atoms with van der Waals surface area (Å²) >= 11 is 1.76. The normalized spacial score (nSPS) is 23.4. The fraction of sp³-hybridized carbons (Fsp3) is 0.824.